The topological polar surface area (TPSA) is 96.5 Å². The van der Waals surface area contributed by atoms with E-state index in [2.05, 4.69) is 16.0 Å². The minimum atomic E-state index is -0.649. The van der Waals surface area contributed by atoms with Crippen LogP contribution >= 0.6 is 11.6 Å². The molecule has 2 rings (SSSR count). The van der Waals surface area contributed by atoms with Gasteiger partial charge in [-0.05, 0) is 62.6 Å². The Morgan fingerprint density at radius 3 is 2.29 bits per heavy atom. The molecule has 0 bridgehead atoms. The van der Waals surface area contributed by atoms with Crippen LogP contribution in [-0.4, -0.2) is 30.1 Å². The fraction of sp³-hybridized carbons (Fsp3) is 0.348. The highest BCUT2D eigenvalue weighted by Gasteiger charge is 2.16. The molecule has 7 nitrogen and oxygen atoms in total. The number of carbonyl (C=O) groups is 3. The Kier molecular flexibility index (Phi) is 8.88. The molecular formula is C23H28ClN3O4. The van der Waals surface area contributed by atoms with Crippen LogP contribution in [0.3, 0.4) is 0 Å². The van der Waals surface area contributed by atoms with Crippen molar-refractivity contribution in [1.29, 1.82) is 0 Å². The molecule has 0 aliphatic rings. The van der Waals surface area contributed by atoms with Crippen LogP contribution in [0.1, 0.15) is 38.3 Å². The third kappa shape index (κ3) is 10.00. The second-order valence-corrected chi connectivity index (χ2v) is 8.44. The summed E-state index contributed by atoms with van der Waals surface area (Å²) in [6.07, 6.45) is 0.345. The van der Waals surface area contributed by atoms with E-state index in [1.165, 1.54) is 0 Å². The lowest BCUT2D eigenvalue weighted by Crippen LogP contribution is -2.37. The van der Waals surface area contributed by atoms with Gasteiger partial charge in [0.2, 0.25) is 11.8 Å². The van der Waals surface area contributed by atoms with Crippen molar-refractivity contribution in [1.82, 2.24) is 10.6 Å². The molecule has 0 heterocycles. The largest absolute Gasteiger partial charge is 0.444 e. The Morgan fingerprint density at radius 2 is 1.65 bits per heavy atom. The number of aryl methyl sites for hydroxylation is 1. The molecule has 0 aliphatic heterocycles. The van der Waals surface area contributed by atoms with E-state index < -0.39 is 11.7 Å². The van der Waals surface area contributed by atoms with Crippen molar-refractivity contribution in [2.24, 2.45) is 0 Å². The van der Waals surface area contributed by atoms with E-state index in [1.54, 1.807) is 39.0 Å². The zero-order valence-corrected chi connectivity index (χ0v) is 18.7. The van der Waals surface area contributed by atoms with Crippen LogP contribution in [0.2, 0.25) is 5.02 Å². The summed E-state index contributed by atoms with van der Waals surface area (Å²) in [5.74, 6) is -0.418. The van der Waals surface area contributed by atoms with Crippen LogP contribution in [0, 0.1) is 0 Å². The van der Waals surface area contributed by atoms with Gasteiger partial charge in [0.1, 0.15) is 12.1 Å². The summed E-state index contributed by atoms with van der Waals surface area (Å²) in [6.45, 7) is 5.43. The number of nitrogens with one attached hydrogen (secondary N) is 3. The predicted molar refractivity (Wildman–Crippen MR) is 121 cm³/mol. The van der Waals surface area contributed by atoms with Crippen molar-refractivity contribution < 1.29 is 19.1 Å². The van der Waals surface area contributed by atoms with Gasteiger partial charge in [-0.1, -0.05) is 35.9 Å². The molecule has 2 aromatic rings. The maximum Gasteiger partial charge on any atom is 0.408 e. The highest BCUT2D eigenvalue weighted by molar-refractivity contribution is 6.30. The number of anilines is 1. The van der Waals surface area contributed by atoms with Crippen molar-refractivity contribution in [2.75, 3.05) is 11.9 Å². The molecule has 0 spiro atoms. The number of rotatable bonds is 8. The van der Waals surface area contributed by atoms with E-state index in [0.29, 0.717) is 30.1 Å². The molecule has 0 unspecified atom stereocenters. The van der Waals surface area contributed by atoms with Gasteiger partial charge < -0.3 is 20.7 Å². The molecule has 2 aromatic carbocycles. The van der Waals surface area contributed by atoms with Crippen molar-refractivity contribution >= 4 is 35.2 Å². The molecule has 166 valence electrons. The number of carbonyl (C=O) groups excluding carboxylic acids is 3. The van der Waals surface area contributed by atoms with Gasteiger partial charge in [-0.3, -0.25) is 9.59 Å². The molecule has 0 aromatic heterocycles. The lowest BCUT2D eigenvalue weighted by molar-refractivity contribution is -0.121. The predicted octanol–water partition coefficient (Wildman–Crippen LogP) is 4.05. The Hall–Kier alpha value is -3.06. The van der Waals surface area contributed by atoms with Gasteiger partial charge in [-0.25, -0.2) is 4.79 Å². The molecule has 0 aliphatic carbocycles. The third-order valence-corrected chi connectivity index (χ3v) is 4.28. The van der Waals surface area contributed by atoms with E-state index in [-0.39, 0.29) is 18.4 Å². The first-order chi connectivity index (χ1) is 14.6. The fourth-order valence-corrected chi connectivity index (χ4v) is 2.83. The highest BCUT2D eigenvalue weighted by Crippen LogP contribution is 2.13. The summed E-state index contributed by atoms with van der Waals surface area (Å²) in [5, 5.41) is 8.62. The van der Waals surface area contributed by atoms with Gasteiger partial charge in [0.25, 0.3) is 0 Å². The average Bonchev–Trinajstić information content (AvgIpc) is 2.69. The minimum absolute atomic E-state index is 0.0504. The maximum atomic E-state index is 12.1. The van der Waals surface area contributed by atoms with Crippen LogP contribution in [0.25, 0.3) is 0 Å². The summed E-state index contributed by atoms with van der Waals surface area (Å²) in [5.41, 5.74) is 1.89. The molecule has 0 saturated carbocycles. The minimum Gasteiger partial charge on any atom is -0.444 e. The van der Waals surface area contributed by atoms with E-state index in [0.717, 1.165) is 11.1 Å². The van der Waals surface area contributed by atoms with Gasteiger partial charge in [-0.15, -0.1) is 0 Å². The van der Waals surface area contributed by atoms with Crippen molar-refractivity contribution in [3.05, 3.63) is 64.7 Å². The van der Waals surface area contributed by atoms with E-state index in [1.807, 2.05) is 30.3 Å². The van der Waals surface area contributed by atoms with Gasteiger partial charge >= 0.3 is 6.09 Å². The lowest BCUT2D eigenvalue weighted by atomic mass is 10.1. The molecular weight excluding hydrogens is 418 g/mol. The second-order valence-electron chi connectivity index (χ2n) is 8.01. The van der Waals surface area contributed by atoms with Gasteiger partial charge in [0, 0.05) is 23.7 Å². The molecule has 0 fully saturated rings. The Bertz CT molecular complexity index is 908. The Morgan fingerprint density at radius 1 is 0.935 bits per heavy atom. The van der Waals surface area contributed by atoms with Gasteiger partial charge in [0.15, 0.2) is 0 Å². The number of benzene rings is 2. The monoisotopic (exact) mass is 445 g/mol. The number of ether oxygens (including phenoxy) is 1. The number of hydrogen-bond acceptors (Lipinski definition) is 4. The third-order valence-electron chi connectivity index (χ3n) is 4.05. The molecule has 3 N–H and O–H groups in total. The zero-order chi connectivity index (χ0) is 22.9. The maximum absolute atomic E-state index is 12.1. The van der Waals surface area contributed by atoms with Crippen molar-refractivity contribution in [3.8, 4) is 0 Å². The summed E-state index contributed by atoms with van der Waals surface area (Å²) in [7, 11) is 0. The second kappa shape index (κ2) is 11.4. The summed E-state index contributed by atoms with van der Waals surface area (Å²) in [6, 6.07) is 14.6. The standard InChI is InChI=1S/C23H28ClN3O4/c1-23(2,3)31-22(30)26-15-21(29)27-19-10-7-17(8-11-19)14-25-20(28)12-9-16-5-4-6-18(24)13-16/h4-8,10-11,13H,9,12,14-15H2,1-3H3,(H,25,28)(H,26,30)(H,27,29). The molecule has 8 heteroatoms. The summed E-state index contributed by atoms with van der Waals surface area (Å²) < 4.78 is 5.08. The Labute approximate surface area is 187 Å². The number of amides is 3. The van der Waals surface area contributed by atoms with E-state index in [9.17, 15) is 14.4 Å². The first-order valence-corrected chi connectivity index (χ1v) is 10.4. The van der Waals surface area contributed by atoms with E-state index in [4.69, 9.17) is 16.3 Å². The first kappa shape index (κ1) is 24.2. The van der Waals surface area contributed by atoms with Crippen LogP contribution in [0.5, 0.6) is 0 Å². The summed E-state index contributed by atoms with van der Waals surface area (Å²) >= 11 is 5.95. The van der Waals surface area contributed by atoms with Crippen molar-refractivity contribution in [3.63, 3.8) is 0 Å². The number of alkyl carbamates (subject to hydrolysis) is 1. The van der Waals surface area contributed by atoms with Crippen LogP contribution in [0.4, 0.5) is 10.5 Å². The lowest BCUT2D eigenvalue weighted by Gasteiger charge is -2.19. The highest BCUT2D eigenvalue weighted by atomic mass is 35.5. The molecule has 0 radical (unpaired) electrons. The fourth-order valence-electron chi connectivity index (χ4n) is 2.62. The van der Waals surface area contributed by atoms with Crippen LogP contribution in [0.15, 0.2) is 48.5 Å². The molecule has 3 amide bonds. The number of halogens is 1. The molecule has 0 atom stereocenters. The van der Waals surface area contributed by atoms with Crippen LogP contribution < -0.4 is 16.0 Å². The van der Waals surface area contributed by atoms with Crippen LogP contribution in [-0.2, 0) is 27.3 Å². The van der Waals surface area contributed by atoms with Crippen molar-refractivity contribution in [2.45, 2.75) is 45.8 Å². The van der Waals surface area contributed by atoms with Gasteiger partial charge in [0.05, 0.1) is 0 Å². The molecule has 0 saturated heterocycles. The SMILES string of the molecule is CC(C)(C)OC(=O)NCC(=O)Nc1ccc(CNC(=O)CCc2cccc(Cl)c2)cc1. The Balaban J connectivity index is 1.70. The quantitative estimate of drug-likeness (QED) is 0.571. The normalized spacial score (nSPS) is 10.8. The zero-order valence-electron chi connectivity index (χ0n) is 18.0. The smallest absolute Gasteiger partial charge is 0.408 e. The summed E-state index contributed by atoms with van der Waals surface area (Å²) in [4.78, 5) is 35.6. The first-order valence-electron chi connectivity index (χ1n) is 9.97. The number of hydrogen-bond donors (Lipinski definition) is 3. The van der Waals surface area contributed by atoms with E-state index >= 15 is 0 Å². The average molecular weight is 446 g/mol. The molecule has 31 heavy (non-hydrogen) atoms. The van der Waals surface area contributed by atoms with Gasteiger partial charge in [-0.2, -0.15) is 0 Å².